The van der Waals surface area contributed by atoms with Crippen molar-refractivity contribution in [2.45, 2.75) is 50.8 Å². The topological polar surface area (TPSA) is 46.2 Å². The molecule has 4 aromatic rings. The van der Waals surface area contributed by atoms with Gasteiger partial charge in [-0.1, -0.05) is 109 Å². The van der Waals surface area contributed by atoms with Gasteiger partial charge in [-0.2, -0.15) is 0 Å². The highest BCUT2D eigenvalue weighted by molar-refractivity contribution is 5.21. The molecule has 5 rings (SSSR count). The predicted octanol–water partition coefficient (Wildman–Crippen LogP) is 6.57. The minimum absolute atomic E-state index is 0.244. The van der Waals surface area contributed by atoms with E-state index < -0.39 is 6.29 Å². The van der Waals surface area contributed by atoms with Gasteiger partial charge in [-0.3, -0.25) is 0 Å². The van der Waals surface area contributed by atoms with Crippen LogP contribution in [0.3, 0.4) is 0 Å². The molecule has 5 nitrogen and oxygen atoms in total. The average Bonchev–Trinajstić information content (AvgIpc) is 2.98. The molecule has 38 heavy (non-hydrogen) atoms. The molecule has 1 fully saturated rings. The molecule has 0 aliphatic carbocycles. The van der Waals surface area contributed by atoms with E-state index in [9.17, 15) is 0 Å². The van der Waals surface area contributed by atoms with Crippen LogP contribution >= 0.6 is 0 Å². The van der Waals surface area contributed by atoms with E-state index in [1.54, 1.807) is 0 Å². The summed E-state index contributed by atoms with van der Waals surface area (Å²) < 4.78 is 31.8. The molecule has 1 aliphatic heterocycles. The van der Waals surface area contributed by atoms with Crippen LogP contribution in [0.1, 0.15) is 23.1 Å². The molecule has 0 bridgehead atoms. The van der Waals surface area contributed by atoms with E-state index in [2.05, 4.69) is 36.4 Å². The van der Waals surface area contributed by atoms with E-state index in [1.165, 1.54) is 0 Å². The van der Waals surface area contributed by atoms with Crippen molar-refractivity contribution in [3.05, 3.63) is 138 Å². The number of rotatable bonds is 12. The van der Waals surface area contributed by atoms with Gasteiger partial charge in [-0.05, 0) is 28.8 Å². The summed E-state index contributed by atoms with van der Waals surface area (Å²) in [6, 6.07) is 40.2. The van der Waals surface area contributed by atoms with Crippen molar-refractivity contribution in [1.29, 1.82) is 0 Å². The molecule has 0 amide bonds. The van der Waals surface area contributed by atoms with Gasteiger partial charge in [0.25, 0.3) is 0 Å². The molecule has 0 radical (unpaired) electrons. The van der Waals surface area contributed by atoms with Crippen LogP contribution < -0.4 is 4.74 Å². The monoisotopic (exact) mass is 510 g/mol. The second-order valence-electron chi connectivity index (χ2n) is 9.37. The van der Waals surface area contributed by atoms with Crippen LogP contribution in [-0.2, 0) is 38.8 Å². The highest BCUT2D eigenvalue weighted by atomic mass is 16.7. The fraction of sp³-hybridized carbons (Fsp3) is 0.273. The Morgan fingerprint density at radius 2 is 1.08 bits per heavy atom. The lowest BCUT2D eigenvalue weighted by molar-refractivity contribution is -0.257. The van der Waals surface area contributed by atoms with Gasteiger partial charge in [-0.15, -0.1) is 0 Å². The number of hydrogen-bond donors (Lipinski definition) is 0. The molecule has 0 saturated carbocycles. The maximum absolute atomic E-state index is 6.50. The fourth-order valence-electron chi connectivity index (χ4n) is 4.54. The van der Waals surface area contributed by atoms with E-state index in [0.29, 0.717) is 32.8 Å². The molecule has 1 aliphatic rings. The van der Waals surface area contributed by atoms with Crippen LogP contribution in [0.15, 0.2) is 121 Å². The molecule has 1 saturated heterocycles. The maximum Gasteiger partial charge on any atom is 0.202 e. The lowest BCUT2D eigenvalue weighted by Crippen LogP contribution is -2.53. The SMILES string of the molecule is c1ccc(COCC2O[C@@H](Oc3ccccc3)CC(OCc3ccccc3)[C@@H]2OCc2ccccc2)cc1. The zero-order valence-corrected chi connectivity index (χ0v) is 21.4. The standard InChI is InChI=1S/C33H34O5/c1-5-13-26(14-6-1)22-34-25-31-33(36-24-28-17-9-3-10-18-28)30(35-23-27-15-7-2-8-16-27)21-32(38-31)37-29-19-11-4-12-20-29/h1-20,30-33H,21-25H2/t30?,31?,32-,33+/m1/s1. The van der Waals surface area contributed by atoms with Crippen LogP contribution in [-0.4, -0.2) is 31.2 Å². The van der Waals surface area contributed by atoms with E-state index in [1.807, 2.05) is 84.9 Å². The quantitative estimate of drug-likeness (QED) is 0.216. The van der Waals surface area contributed by atoms with E-state index >= 15 is 0 Å². The summed E-state index contributed by atoms with van der Waals surface area (Å²) in [4.78, 5) is 0. The van der Waals surface area contributed by atoms with E-state index in [4.69, 9.17) is 23.7 Å². The van der Waals surface area contributed by atoms with Gasteiger partial charge in [0, 0.05) is 6.42 Å². The van der Waals surface area contributed by atoms with Crippen molar-refractivity contribution < 1.29 is 23.7 Å². The Morgan fingerprint density at radius 3 is 1.66 bits per heavy atom. The number of para-hydroxylation sites is 1. The largest absolute Gasteiger partial charge is 0.465 e. The molecule has 4 atom stereocenters. The summed E-state index contributed by atoms with van der Waals surface area (Å²) in [7, 11) is 0. The summed E-state index contributed by atoms with van der Waals surface area (Å²) in [6.45, 7) is 1.78. The summed E-state index contributed by atoms with van der Waals surface area (Å²) >= 11 is 0. The van der Waals surface area contributed by atoms with Gasteiger partial charge >= 0.3 is 0 Å². The van der Waals surface area contributed by atoms with Gasteiger partial charge in [0.1, 0.15) is 18.0 Å². The lowest BCUT2D eigenvalue weighted by Gasteiger charge is -2.41. The molecule has 2 unspecified atom stereocenters. The Balaban J connectivity index is 1.33. The van der Waals surface area contributed by atoms with Gasteiger partial charge < -0.3 is 23.7 Å². The Kier molecular flexibility index (Phi) is 9.55. The summed E-state index contributed by atoms with van der Waals surface area (Å²) in [6.07, 6.45) is -0.890. The Labute approximate surface area is 224 Å². The van der Waals surface area contributed by atoms with Gasteiger partial charge in [0.2, 0.25) is 6.29 Å². The minimum Gasteiger partial charge on any atom is -0.465 e. The van der Waals surface area contributed by atoms with Crippen LogP contribution in [0.25, 0.3) is 0 Å². The first kappa shape index (κ1) is 26.1. The highest BCUT2D eigenvalue weighted by Gasteiger charge is 2.41. The zero-order valence-electron chi connectivity index (χ0n) is 21.4. The first-order valence-corrected chi connectivity index (χ1v) is 13.1. The third-order valence-electron chi connectivity index (χ3n) is 6.48. The molecular weight excluding hydrogens is 476 g/mol. The first-order chi connectivity index (χ1) is 18.8. The number of hydrogen-bond acceptors (Lipinski definition) is 5. The van der Waals surface area contributed by atoms with Gasteiger partial charge in [-0.25, -0.2) is 0 Å². The van der Waals surface area contributed by atoms with Crippen molar-refractivity contribution in [3.8, 4) is 5.75 Å². The smallest absolute Gasteiger partial charge is 0.202 e. The molecular formula is C33H34O5. The Bertz CT molecular complexity index is 1190. The van der Waals surface area contributed by atoms with Crippen molar-refractivity contribution in [3.63, 3.8) is 0 Å². The minimum atomic E-state index is -0.486. The third kappa shape index (κ3) is 7.76. The molecule has 4 aromatic carbocycles. The summed E-state index contributed by atoms with van der Waals surface area (Å²) in [5.41, 5.74) is 3.32. The van der Waals surface area contributed by atoms with Crippen molar-refractivity contribution >= 4 is 0 Å². The van der Waals surface area contributed by atoms with Crippen molar-refractivity contribution in [2.24, 2.45) is 0 Å². The van der Waals surface area contributed by atoms with Crippen LogP contribution in [0.4, 0.5) is 0 Å². The van der Waals surface area contributed by atoms with Crippen molar-refractivity contribution in [1.82, 2.24) is 0 Å². The van der Waals surface area contributed by atoms with E-state index in [0.717, 1.165) is 22.4 Å². The third-order valence-corrected chi connectivity index (χ3v) is 6.48. The van der Waals surface area contributed by atoms with Crippen molar-refractivity contribution in [2.75, 3.05) is 6.61 Å². The second-order valence-corrected chi connectivity index (χ2v) is 9.37. The van der Waals surface area contributed by atoms with Gasteiger partial charge in [0.05, 0.1) is 32.5 Å². The molecule has 0 aromatic heterocycles. The normalized spacial score (nSPS) is 21.2. The van der Waals surface area contributed by atoms with Crippen LogP contribution in [0, 0.1) is 0 Å². The summed E-state index contributed by atoms with van der Waals surface area (Å²) in [5, 5.41) is 0. The van der Waals surface area contributed by atoms with Gasteiger partial charge in [0.15, 0.2) is 0 Å². The molecule has 0 spiro atoms. The second kappa shape index (κ2) is 13.9. The number of ether oxygens (including phenoxy) is 5. The zero-order chi connectivity index (χ0) is 25.8. The molecule has 196 valence electrons. The van der Waals surface area contributed by atoms with Crippen LogP contribution in [0.5, 0.6) is 5.75 Å². The average molecular weight is 511 g/mol. The first-order valence-electron chi connectivity index (χ1n) is 13.1. The Hall–Kier alpha value is -3.48. The fourth-order valence-corrected chi connectivity index (χ4v) is 4.54. The molecule has 0 N–H and O–H groups in total. The maximum atomic E-state index is 6.50. The molecule has 1 heterocycles. The Morgan fingerprint density at radius 1 is 0.579 bits per heavy atom. The lowest BCUT2D eigenvalue weighted by atomic mass is 10.0. The van der Waals surface area contributed by atoms with Crippen LogP contribution in [0.2, 0.25) is 0 Å². The number of benzene rings is 4. The predicted molar refractivity (Wildman–Crippen MR) is 146 cm³/mol. The summed E-state index contributed by atoms with van der Waals surface area (Å²) in [5.74, 6) is 0.756. The highest BCUT2D eigenvalue weighted by Crippen LogP contribution is 2.29. The molecule has 5 heteroatoms. The van der Waals surface area contributed by atoms with E-state index in [-0.39, 0.29) is 18.3 Å².